The zero-order valence-corrected chi connectivity index (χ0v) is 14.0. The van der Waals surface area contributed by atoms with Crippen LogP contribution in [0.25, 0.3) is 0 Å². The molecule has 0 unspecified atom stereocenters. The van der Waals surface area contributed by atoms with Crippen LogP contribution in [-0.4, -0.2) is 0 Å². The first kappa shape index (κ1) is 16.3. The van der Waals surface area contributed by atoms with Gasteiger partial charge in [-0.1, -0.05) is 72.8 Å². The van der Waals surface area contributed by atoms with Crippen LogP contribution in [0.5, 0.6) is 5.75 Å². The van der Waals surface area contributed by atoms with Gasteiger partial charge in [0.15, 0.2) is 0 Å². The third kappa shape index (κ3) is 4.71. The molecule has 0 spiro atoms. The second-order valence-electron chi connectivity index (χ2n) is 5.93. The van der Waals surface area contributed by atoms with Crippen LogP contribution in [0.15, 0.2) is 84.9 Å². The maximum Gasteiger partial charge on any atom is 0.119 e. The first-order chi connectivity index (χ1) is 11.8. The number of nitrogens with one attached hydrogen (secondary N) is 1. The Balaban J connectivity index is 1.49. The van der Waals surface area contributed by atoms with Crippen LogP contribution in [0.3, 0.4) is 0 Å². The summed E-state index contributed by atoms with van der Waals surface area (Å²) in [6.07, 6.45) is 0. The molecule has 0 heterocycles. The van der Waals surface area contributed by atoms with E-state index in [0.717, 1.165) is 12.3 Å². The van der Waals surface area contributed by atoms with E-state index in [9.17, 15) is 0 Å². The first-order valence-corrected chi connectivity index (χ1v) is 8.35. The van der Waals surface area contributed by atoms with Gasteiger partial charge in [-0.15, -0.1) is 0 Å². The summed E-state index contributed by atoms with van der Waals surface area (Å²) in [4.78, 5) is 0. The zero-order valence-electron chi connectivity index (χ0n) is 14.0. The van der Waals surface area contributed by atoms with Gasteiger partial charge in [0.05, 0.1) is 0 Å². The van der Waals surface area contributed by atoms with E-state index in [4.69, 9.17) is 4.74 Å². The van der Waals surface area contributed by atoms with Crippen molar-refractivity contribution in [3.8, 4) is 5.75 Å². The van der Waals surface area contributed by atoms with Gasteiger partial charge in [-0.05, 0) is 35.7 Å². The molecule has 0 aromatic heterocycles. The summed E-state index contributed by atoms with van der Waals surface area (Å²) in [5.41, 5.74) is 3.74. The lowest BCUT2D eigenvalue weighted by Crippen LogP contribution is -2.17. The molecule has 1 N–H and O–H groups in total. The minimum Gasteiger partial charge on any atom is -0.489 e. The van der Waals surface area contributed by atoms with E-state index < -0.39 is 0 Å². The van der Waals surface area contributed by atoms with Gasteiger partial charge in [0.25, 0.3) is 0 Å². The van der Waals surface area contributed by atoms with Gasteiger partial charge in [0.1, 0.15) is 12.4 Å². The van der Waals surface area contributed by atoms with Crippen LogP contribution < -0.4 is 10.1 Å². The number of rotatable bonds is 7. The van der Waals surface area contributed by atoms with E-state index in [-0.39, 0.29) is 0 Å². The standard InChI is InChI=1S/C22H23NO/c1-18(21-10-6-3-7-11-21)23-16-19-12-14-22(15-13-19)24-17-20-8-4-2-5-9-20/h2-15,18,23H,16-17H2,1H3/t18-/m0/s1. The van der Waals surface area contributed by atoms with E-state index >= 15 is 0 Å². The van der Waals surface area contributed by atoms with Crippen molar-refractivity contribution in [1.29, 1.82) is 0 Å². The molecule has 0 radical (unpaired) electrons. The maximum atomic E-state index is 5.82. The predicted octanol–water partition coefficient (Wildman–Crippen LogP) is 5.12. The van der Waals surface area contributed by atoms with Crippen molar-refractivity contribution in [2.24, 2.45) is 0 Å². The van der Waals surface area contributed by atoms with Crippen molar-refractivity contribution in [2.75, 3.05) is 0 Å². The highest BCUT2D eigenvalue weighted by Crippen LogP contribution is 2.16. The summed E-state index contributed by atoms with van der Waals surface area (Å²) in [5, 5.41) is 3.55. The Bertz CT molecular complexity index is 723. The second kappa shape index (κ2) is 8.32. The molecule has 0 aliphatic carbocycles. The molecule has 122 valence electrons. The van der Waals surface area contributed by atoms with Gasteiger partial charge in [-0.25, -0.2) is 0 Å². The number of hydrogen-bond acceptors (Lipinski definition) is 2. The zero-order chi connectivity index (χ0) is 16.6. The van der Waals surface area contributed by atoms with Crippen molar-refractivity contribution in [2.45, 2.75) is 26.1 Å². The molecule has 1 atom stereocenters. The maximum absolute atomic E-state index is 5.82. The molecular formula is C22H23NO. The SMILES string of the molecule is C[C@H](NCc1ccc(OCc2ccccc2)cc1)c1ccccc1. The Hall–Kier alpha value is -2.58. The average Bonchev–Trinajstić information content (AvgIpc) is 2.67. The van der Waals surface area contributed by atoms with Gasteiger partial charge in [0, 0.05) is 12.6 Å². The molecule has 3 rings (SSSR count). The Labute approximate surface area is 144 Å². The molecule has 2 nitrogen and oxygen atoms in total. The fraction of sp³-hybridized carbons (Fsp3) is 0.182. The van der Waals surface area contributed by atoms with Gasteiger partial charge in [0.2, 0.25) is 0 Å². The van der Waals surface area contributed by atoms with Crippen LogP contribution >= 0.6 is 0 Å². The number of hydrogen-bond donors (Lipinski definition) is 1. The van der Waals surface area contributed by atoms with E-state index in [1.54, 1.807) is 0 Å². The smallest absolute Gasteiger partial charge is 0.119 e. The lowest BCUT2D eigenvalue weighted by Gasteiger charge is -2.14. The summed E-state index contributed by atoms with van der Waals surface area (Å²) in [6.45, 7) is 3.63. The molecule has 0 bridgehead atoms. The first-order valence-electron chi connectivity index (χ1n) is 8.35. The predicted molar refractivity (Wildman–Crippen MR) is 98.9 cm³/mol. The molecule has 0 saturated carbocycles. The Morgan fingerprint density at radius 3 is 2.04 bits per heavy atom. The quantitative estimate of drug-likeness (QED) is 0.653. The van der Waals surface area contributed by atoms with E-state index in [2.05, 4.69) is 60.8 Å². The van der Waals surface area contributed by atoms with Crippen molar-refractivity contribution in [3.05, 3.63) is 102 Å². The molecule has 0 saturated heterocycles. The molecule has 0 fully saturated rings. The Morgan fingerprint density at radius 1 is 0.750 bits per heavy atom. The van der Waals surface area contributed by atoms with E-state index in [1.807, 2.05) is 36.4 Å². The normalized spacial score (nSPS) is 11.9. The fourth-order valence-corrected chi connectivity index (χ4v) is 2.57. The Morgan fingerprint density at radius 2 is 1.38 bits per heavy atom. The van der Waals surface area contributed by atoms with E-state index in [1.165, 1.54) is 16.7 Å². The van der Waals surface area contributed by atoms with Crippen molar-refractivity contribution >= 4 is 0 Å². The minimum absolute atomic E-state index is 0.334. The van der Waals surface area contributed by atoms with Crippen molar-refractivity contribution in [3.63, 3.8) is 0 Å². The van der Waals surface area contributed by atoms with E-state index in [0.29, 0.717) is 12.6 Å². The highest BCUT2D eigenvalue weighted by atomic mass is 16.5. The molecule has 0 aliphatic heterocycles. The van der Waals surface area contributed by atoms with Crippen LogP contribution in [-0.2, 0) is 13.2 Å². The third-order valence-electron chi connectivity index (χ3n) is 4.08. The number of ether oxygens (including phenoxy) is 1. The summed E-state index contributed by atoms with van der Waals surface area (Å²) >= 11 is 0. The molecule has 3 aromatic carbocycles. The average molecular weight is 317 g/mol. The monoisotopic (exact) mass is 317 g/mol. The van der Waals surface area contributed by atoms with Crippen LogP contribution in [0.4, 0.5) is 0 Å². The molecule has 0 amide bonds. The van der Waals surface area contributed by atoms with Gasteiger partial charge in [-0.3, -0.25) is 0 Å². The second-order valence-corrected chi connectivity index (χ2v) is 5.93. The Kier molecular flexibility index (Phi) is 5.65. The van der Waals surface area contributed by atoms with Crippen LogP contribution in [0.1, 0.15) is 29.7 Å². The lowest BCUT2D eigenvalue weighted by atomic mass is 10.1. The highest BCUT2D eigenvalue weighted by Gasteiger charge is 2.04. The number of benzene rings is 3. The lowest BCUT2D eigenvalue weighted by molar-refractivity contribution is 0.306. The molecular weight excluding hydrogens is 294 g/mol. The van der Waals surface area contributed by atoms with Crippen molar-refractivity contribution < 1.29 is 4.74 Å². The summed E-state index contributed by atoms with van der Waals surface area (Å²) in [7, 11) is 0. The summed E-state index contributed by atoms with van der Waals surface area (Å²) in [5.74, 6) is 0.902. The van der Waals surface area contributed by atoms with Crippen LogP contribution in [0.2, 0.25) is 0 Å². The third-order valence-corrected chi connectivity index (χ3v) is 4.08. The van der Waals surface area contributed by atoms with Crippen molar-refractivity contribution in [1.82, 2.24) is 5.32 Å². The highest BCUT2D eigenvalue weighted by molar-refractivity contribution is 5.28. The van der Waals surface area contributed by atoms with Gasteiger partial charge in [-0.2, -0.15) is 0 Å². The molecule has 2 heteroatoms. The topological polar surface area (TPSA) is 21.3 Å². The van der Waals surface area contributed by atoms with Gasteiger partial charge < -0.3 is 10.1 Å². The minimum atomic E-state index is 0.334. The molecule has 24 heavy (non-hydrogen) atoms. The fourth-order valence-electron chi connectivity index (χ4n) is 2.57. The summed E-state index contributed by atoms with van der Waals surface area (Å²) < 4.78 is 5.82. The molecule has 3 aromatic rings. The van der Waals surface area contributed by atoms with Crippen LogP contribution in [0, 0.1) is 0 Å². The van der Waals surface area contributed by atoms with Gasteiger partial charge >= 0.3 is 0 Å². The summed E-state index contributed by atoms with van der Waals surface area (Å²) in [6, 6.07) is 29.4. The largest absolute Gasteiger partial charge is 0.489 e. The molecule has 0 aliphatic rings.